The molecular formula is C12H14N2O2S. The molecule has 1 aliphatic rings. The molecule has 0 saturated heterocycles. The zero-order valence-electron chi connectivity index (χ0n) is 9.41. The summed E-state index contributed by atoms with van der Waals surface area (Å²) in [5.41, 5.74) is 0. The summed E-state index contributed by atoms with van der Waals surface area (Å²) in [5.74, 6) is 0. The molecule has 0 amide bonds. The summed E-state index contributed by atoms with van der Waals surface area (Å²) in [7, 11) is -3.43. The lowest BCUT2D eigenvalue weighted by Gasteiger charge is -2.20. The molecule has 1 fully saturated rings. The molecule has 0 heterocycles. The van der Waals surface area contributed by atoms with Crippen LogP contribution in [0.4, 0.5) is 0 Å². The molecule has 0 unspecified atom stereocenters. The van der Waals surface area contributed by atoms with Crippen molar-refractivity contribution >= 4 is 10.0 Å². The molecule has 1 saturated carbocycles. The standard InChI is InChI=1S/C12H14N2O2S/c13-9-4-10-14(11-7-8-11)17(15,16)12-5-2-1-3-6-12/h1-3,5-6,11H,4,7-8,10H2. The van der Waals surface area contributed by atoms with Gasteiger partial charge >= 0.3 is 0 Å². The van der Waals surface area contributed by atoms with Gasteiger partial charge < -0.3 is 0 Å². The van der Waals surface area contributed by atoms with E-state index < -0.39 is 10.0 Å². The van der Waals surface area contributed by atoms with Crippen LogP contribution in [0.5, 0.6) is 0 Å². The highest BCUT2D eigenvalue weighted by Gasteiger charge is 2.37. The Labute approximate surface area is 102 Å². The van der Waals surface area contributed by atoms with Crippen molar-refractivity contribution in [3.8, 4) is 6.07 Å². The van der Waals surface area contributed by atoms with Crippen LogP contribution in [0.1, 0.15) is 19.3 Å². The van der Waals surface area contributed by atoms with Crippen LogP contribution in [0.15, 0.2) is 35.2 Å². The van der Waals surface area contributed by atoms with Crippen LogP contribution in [-0.2, 0) is 10.0 Å². The van der Waals surface area contributed by atoms with Crippen LogP contribution in [0, 0.1) is 11.3 Å². The molecule has 1 aromatic carbocycles. The molecular weight excluding hydrogens is 236 g/mol. The molecule has 90 valence electrons. The van der Waals surface area contributed by atoms with Crippen molar-refractivity contribution in [2.24, 2.45) is 0 Å². The molecule has 0 aromatic heterocycles. The van der Waals surface area contributed by atoms with Crippen LogP contribution in [0.3, 0.4) is 0 Å². The van der Waals surface area contributed by atoms with Crippen molar-refractivity contribution in [2.45, 2.75) is 30.2 Å². The van der Waals surface area contributed by atoms with E-state index in [1.807, 2.05) is 6.07 Å². The first kappa shape index (κ1) is 12.1. The van der Waals surface area contributed by atoms with E-state index in [9.17, 15) is 8.42 Å². The minimum atomic E-state index is -3.43. The van der Waals surface area contributed by atoms with E-state index in [1.165, 1.54) is 4.31 Å². The van der Waals surface area contributed by atoms with E-state index >= 15 is 0 Å². The number of nitriles is 1. The maximum Gasteiger partial charge on any atom is 0.243 e. The Hall–Kier alpha value is -1.38. The first-order valence-electron chi connectivity index (χ1n) is 5.60. The van der Waals surface area contributed by atoms with Crippen molar-refractivity contribution in [1.29, 1.82) is 5.26 Å². The van der Waals surface area contributed by atoms with E-state index in [0.717, 1.165) is 12.8 Å². The monoisotopic (exact) mass is 250 g/mol. The summed E-state index contributed by atoms with van der Waals surface area (Å²) in [6.45, 7) is 0.290. The predicted octanol–water partition coefficient (Wildman–Crippen LogP) is 1.75. The number of benzene rings is 1. The van der Waals surface area contributed by atoms with Gasteiger partial charge in [-0.3, -0.25) is 0 Å². The largest absolute Gasteiger partial charge is 0.243 e. The van der Waals surface area contributed by atoms with E-state index in [-0.39, 0.29) is 12.5 Å². The van der Waals surface area contributed by atoms with Gasteiger partial charge in [0.05, 0.1) is 11.0 Å². The number of nitrogens with zero attached hydrogens (tertiary/aromatic N) is 2. The fourth-order valence-electron chi connectivity index (χ4n) is 1.75. The second-order valence-electron chi connectivity index (χ2n) is 4.07. The Morgan fingerprint density at radius 2 is 1.94 bits per heavy atom. The normalized spacial score (nSPS) is 15.8. The third-order valence-electron chi connectivity index (χ3n) is 2.75. The number of hydrogen-bond donors (Lipinski definition) is 0. The number of sulfonamides is 1. The van der Waals surface area contributed by atoms with Gasteiger partial charge in [-0.2, -0.15) is 9.57 Å². The molecule has 1 aromatic rings. The molecule has 0 N–H and O–H groups in total. The zero-order chi connectivity index (χ0) is 12.3. The minimum Gasteiger partial charge on any atom is -0.207 e. The van der Waals surface area contributed by atoms with Crippen molar-refractivity contribution in [3.63, 3.8) is 0 Å². The lowest BCUT2D eigenvalue weighted by atomic mass is 10.4. The quantitative estimate of drug-likeness (QED) is 0.800. The van der Waals surface area contributed by atoms with Crippen molar-refractivity contribution < 1.29 is 8.42 Å². The first-order chi connectivity index (χ1) is 8.16. The number of hydrogen-bond acceptors (Lipinski definition) is 3. The Balaban J connectivity index is 2.26. The van der Waals surface area contributed by atoms with Gasteiger partial charge in [0.25, 0.3) is 0 Å². The van der Waals surface area contributed by atoms with Crippen LogP contribution in [0.25, 0.3) is 0 Å². The molecule has 17 heavy (non-hydrogen) atoms. The fourth-order valence-corrected chi connectivity index (χ4v) is 3.46. The van der Waals surface area contributed by atoms with Gasteiger partial charge in [-0.25, -0.2) is 8.42 Å². The smallest absolute Gasteiger partial charge is 0.207 e. The SMILES string of the molecule is N#CCCN(C1CC1)S(=O)(=O)c1ccccc1. The van der Waals surface area contributed by atoms with Crippen LogP contribution in [0.2, 0.25) is 0 Å². The molecule has 0 radical (unpaired) electrons. The Bertz CT molecular complexity index is 515. The lowest BCUT2D eigenvalue weighted by molar-refractivity contribution is 0.411. The maximum atomic E-state index is 12.3. The van der Waals surface area contributed by atoms with Crippen LogP contribution >= 0.6 is 0 Å². The van der Waals surface area contributed by atoms with E-state index in [0.29, 0.717) is 11.4 Å². The van der Waals surface area contributed by atoms with Gasteiger partial charge in [0.1, 0.15) is 0 Å². The van der Waals surface area contributed by atoms with Gasteiger partial charge in [0.15, 0.2) is 0 Å². The Morgan fingerprint density at radius 3 is 2.47 bits per heavy atom. The number of rotatable bonds is 5. The third-order valence-corrected chi connectivity index (χ3v) is 4.71. The van der Waals surface area contributed by atoms with E-state index in [1.54, 1.807) is 30.3 Å². The highest BCUT2D eigenvalue weighted by atomic mass is 32.2. The summed E-state index contributed by atoms with van der Waals surface area (Å²) in [6, 6.07) is 10.5. The molecule has 1 aliphatic carbocycles. The highest BCUT2D eigenvalue weighted by molar-refractivity contribution is 7.89. The predicted molar refractivity (Wildman–Crippen MR) is 63.6 cm³/mol. The first-order valence-corrected chi connectivity index (χ1v) is 7.04. The molecule has 5 heteroatoms. The van der Waals surface area contributed by atoms with Gasteiger partial charge in [0, 0.05) is 19.0 Å². The van der Waals surface area contributed by atoms with Crippen LogP contribution < -0.4 is 0 Å². The molecule has 0 bridgehead atoms. The summed E-state index contributed by atoms with van der Waals surface area (Å²) in [6.07, 6.45) is 2.04. The Kier molecular flexibility index (Phi) is 3.46. The third kappa shape index (κ3) is 2.65. The average molecular weight is 250 g/mol. The van der Waals surface area contributed by atoms with Gasteiger partial charge in [-0.1, -0.05) is 18.2 Å². The minimum absolute atomic E-state index is 0.0913. The van der Waals surface area contributed by atoms with Crippen molar-refractivity contribution in [1.82, 2.24) is 4.31 Å². The molecule has 0 aliphatic heterocycles. The average Bonchev–Trinajstić information content (AvgIpc) is 3.15. The molecule has 2 rings (SSSR count). The maximum absolute atomic E-state index is 12.3. The second kappa shape index (κ2) is 4.86. The molecule has 0 spiro atoms. The van der Waals surface area contributed by atoms with Crippen molar-refractivity contribution in [2.75, 3.05) is 6.54 Å². The topological polar surface area (TPSA) is 61.2 Å². The summed E-state index contributed by atoms with van der Waals surface area (Å²) in [5, 5.41) is 8.58. The fraction of sp³-hybridized carbons (Fsp3) is 0.417. The molecule has 4 nitrogen and oxygen atoms in total. The van der Waals surface area contributed by atoms with Gasteiger partial charge in [0.2, 0.25) is 10.0 Å². The zero-order valence-corrected chi connectivity index (χ0v) is 10.2. The Morgan fingerprint density at radius 1 is 1.29 bits per heavy atom. The van der Waals surface area contributed by atoms with Crippen LogP contribution in [-0.4, -0.2) is 25.3 Å². The second-order valence-corrected chi connectivity index (χ2v) is 5.96. The summed E-state index contributed by atoms with van der Waals surface area (Å²) >= 11 is 0. The molecule has 0 atom stereocenters. The lowest BCUT2D eigenvalue weighted by Crippen LogP contribution is -2.33. The summed E-state index contributed by atoms with van der Waals surface area (Å²) in [4.78, 5) is 0.310. The summed E-state index contributed by atoms with van der Waals surface area (Å²) < 4.78 is 26.1. The van der Waals surface area contributed by atoms with Gasteiger partial charge in [-0.05, 0) is 25.0 Å². The van der Waals surface area contributed by atoms with Gasteiger partial charge in [-0.15, -0.1) is 0 Å². The highest BCUT2D eigenvalue weighted by Crippen LogP contribution is 2.31. The van der Waals surface area contributed by atoms with E-state index in [4.69, 9.17) is 5.26 Å². The van der Waals surface area contributed by atoms with Crippen molar-refractivity contribution in [3.05, 3.63) is 30.3 Å². The van der Waals surface area contributed by atoms with E-state index in [2.05, 4.69) is 0 Å².